The highest BCUT2D eigenvalue weighted by molar-refractivity contribution is 7.89. The molecular weight excluding hydrogens is 406 g/mol. The summed E-state index contributed by atoms with van der Waals surface area (Å²) in [6.45, 7) is 4.62. The molecule has 0 radical (unpaired) electrons. The number of carbonyl (C=O) groups excluding carboxylic acids is 2. The van der Waals surface area contributed by atoms with Crippen LogP contribution in [-0.2, 0) is 21.4 Å². The largest absolute Gasteiger partial charge is 0.358 e. The van der Waals surface area contributed by atoms with E-state index in [-0.39, 0.29) is 29.6 Å². The Labute approximate surface area is 176 Å². The Morgan fingerprint density at radius 2 is 1.97 bits per heavy atom. The fourth-order valence-electron chi connectivity index (χ4n) is 3.46. The van der Waals surface area contributed by atoms with Gasteiger partial charge in [0.25, 0.3) is 5.91 Å². The maximum atomic E-state index is 13.3. The number of benzene rings is 1. The maximum absolute atomic E-state index is 13.3. The number of rotatable bonds is 7. The van der Waals surface area contributed by atoms with Crippen LogP contribution in [0.2, 0.25) is 0 Å². The number of fused-ring (bicyclic) bond motifs is 3. The lowest BCUT2D eigenvalue weighted by Crippen LogP contribution is -2.39. The van der Waals surface area contributed by atoms with Crippen molar-refractivity contribution in [3.63, 3.8) is 0 Å². The number of unbranched alkanes of at least 4 members (excludes halogenated alkanes) is 1. The Kier molecular flexibility index (Phi) is 6.57. The topological polar surface area (TPSA) is 105 Å². The van der Waals surface area contributed by atoms with Gasteiger partial charge in [0.2, 0.25) is 15.9 Å². The number of likely N-dealkylation sites (N-methyl/N-ethyl adjacent to an activating group) is 1. The molecule has 1 aromatic carbocycles. The van der Waals surface area contributed by atoms with Gasteiger partial charge in [-0.3, -0.25) is 14.2 Å². The Morgan fingerprint density at radius 1 is 1.23 bits per heavy atom. The average Bonchev–Trinajstić information content (AvgIpc) is 3.13. The van der Waals surface area contributed by atoms with Gasteiger partial charge in [0, 0.05) is 20.1 Å². The van der Waals surface area contributed by atoms with E-state index in [1.165, 1.54) is 19.4 Å². The van der Waals surface area contributed by atoms with Crippen LogP contribution in [0.25, 0.3) is 5.69 Å². The quantitative estimate of drug-likeness (QED) is 0.710. The number of nitrogens with one attached hydrogen (secondary N) is 1. The molecule has 1 aliphatic heterocycles. The van der Waals surface area contributed by atoms with Crippen molar-refractivity contribution in [2.45, 2.75) is 38.1 Å². The van der Waals surface area contributed by atoms with Crippen LogP contribution in [0.1, 0.15) is 42.9 Å². The van der Waals surface area contributed by atoms with E-state index in [0.29, 0.717) is 24.5 Å². The molecule has 10 heteroatoms. The second-order valence-electron chi connectivity index (χ2n) is 7.06. The van der Waals surface area contributed by atoms with Crippen molar-refractivity contribution >= 4 is 21.8 Å². The molecule has 0 saturated heterocycles. The van der Waals surface area contributed by atoms with E-state index >= 15 is 0 Å². The standard InChI is InChI=1S/C20H27N5O4S/c1-4-6-11-23(5-2)20(27)19-16-12-24(13-18(26)21-3)30(28,29)17-10-8-7-9-15(17)25(16)14-22-19/h7-10,14H,4-6,11-13H2,1-3H3,(H,21,26). The lowest BCUT2D eigenvalue weighted by Gasteiger charge is -2.22. The van der Waals surface area contributed by atoms with E-state index in [1.54, 1.807) is 27.7 Å². The van der Waals surface area contributed by atoms with E-state index in [1.807, 2.05) is 6.92 Å². The molecule has 2 heterocycles. The van der Waals surface area contributed by atoms with Gasteiger partial charge in [-0.1, -0.05) is 25.5 Å². The van der Waals surface area contributed by atoms with Crippen LogP contribution in [0.5, 0.6) is 0 Å². The van der Waals surface area contributed by atoms with Crippen LogP contribution in [0.3, 0.4) is 0 Å². The maximum Gasteiger partial charge on any atom is 0.274 e. The molecule has 2 amide bonds. The summed E-state index contributed by atoms with van der Waals surface area (Å²) in [6.07, 6.45) is 3.31. The van der Waals surface area contributed by atoms with Crippen molar-refractivity contribution in [3.05, 3.63) is 42.0 Å². The summed E-state index contributed by atoms with van der Waals surface area (Å²) in [5.74, 6) is -0.675. The first kappa shape index (κ1) is 22.0. The normalized spacial score (nSPS) is 15.0. The highest BCUT2D eigenvalue weighted by Crippen LogP contribution is 2.31. The lowest BCUT2D eigenvalue weighted by atomic mass is 10.2. The smallest absolute Gasteiger partial charge is 0.274 e. The van der Waals surface area contributed by atoms with Gasteiger partial charge in [0.1, 0.15) is 11.2 Å². The van der Waals surface area contributed by atoms with Crippen molar-refractivity contribution in [2.24, 2.45) is 0 Å². The molecule has 162 valence electrons. The first-order valence-corrected chi connectivity index (χ1v) is 11.4. The summed E-state index contributed by atoms with van der Waals surface area (Å²) in [6, 6.07) is 6.53. The Hall–Kier alpha value is -2.72. The van der Waals surface area contributed by atoms with Gasteiger partial charge in [-0.25, -0.2) is 13.4 Å². The molecule has 0 fully saturated rings. The zero-order chi connectivity index (χ0) is 21.9. The average molecular weight is 434 g/mol. The van der Waals surface area contributed by atoms with Gasteiger partial charge in [0.05, 0.1) is 24.5 Å². The van der Waals surface area contributed by atoms with Crippen LogP contribution in [0, 0.1) is 0 Å². The lowest BCUT2D eigenvalue weighted by molar-refractivity contribution is -0.120. The Morgan fingerprint density at radius 3 is 2.63 bits per heavy atom. The number of sulfonamides is 1. The third-order valence-corrected chi connectivity index (χ3v) is 7.03. The number of nitrogens with zero attached hydrogens (tertiary/aromatic N) is 4. The summed E-state index contributed by atoms with van der Waals surface area (Å²) in [5, 5.41) is 2.46. The van der Waals surface area contributed by atoms with Crippen molar-refractivity contribution in [2.75, 3.05) is 26.7 Å². The minimum Gasteiger partial charge on any atom is -0.358 e. The Bertz CT molecular complexity index is 1050. The third kappa shape index (κ3) is 3.97. The number of hydrogen-bond acceptors (Lipinski definition) is 5. The highest BCUT2D eigenvalue weighted by Gasteiger charge is 2.36. The zero-order valence-electron chi connectivity index (χ0n) is 17.5. The van der Waals surface area contributed by atoms with Crippen LogP contribution in [0.15, 0.2) is 35.5 Å². The van der Waals surface area contributed by atoms with Crippen molar-refractivity contribution in [3.8, 4) is 5.69 Å². The zero-order valence-corrected chi connectivity index (χ0v) is 18.3. The molecule has 3 rings (SSSR count). The summed E-state index contributed by atoms with van der Waals surface area (Å²) < 4.78 is 29.3. The van der Waals surface area contributed by atoms with Gasteiger partial charge < -0.3 is 10.2 Å². The number of para-hydroxylation sites is 1. The molecule has 1 N–H and O–H groups in total. The number of carbonyl (C=O) groups is 2. The molecule has 2 aromatic rings. The monoisotopic (exact) mass is 433 g/mol. The van der Waals surface area contributed by atoms with E-state index in [0.717, 1.165) is 17.1 Å². The summed E-state index contributed by atoms with van der Waals surface area (Å²) >= 11 is 0. The van der Waals surface area contributed by atoms with Crippen molar-refractivity contribution in [1.82, 2.24) is 24.1 Å². The van der Waals surface area contributed by atoms with Gasteiger partial charge >= 0.3 is 0 Å². The second-order valence-corrected chi connectivity index (χ2v) is 8.97. The van der Waals surface area contributed by atoms with E-state index in [4.69, 9.17) is 0 Å². The molecule has 0 aliphatic carbocycles. The molecule has 9 nitrogen and oxygen atoms in total. The predicted octanol–water partition coefficient (Wildman–Crippen LogP) is 1.38. The molecule has 1 aliphatic rings. The molecule has 1 aromatic heterocycles. The van der Waals surface area contributed by atoms with Crippen LogP contribution < -0.4 is 5.32 Å². The number of hydrogen-bond donors (Lipinski definition) is 1. The molecule has 0 unspecified atom stereocenters. The summed E-state index contributed by atoms with van der Waals surface area (Å²) in [5.41, 5.74) is 1.07. The van der Waals surface area contributed by atoms with Gasteiger partial charge in [0.15, 0.2) is 5.69 Å². The minimum atomic E-state index is -3.95. The first-order valence-electron chi connectivity index (χ1n) is 10.0. The third-order valence-electron chi connectivity index (χ3n) is 5.19. The highest BCUT2D eigenvalue weighted by atomic mass is 32.2. The fraction of sp³-hybridized carbons (Fsp3) is 0.450. The van der Waals surface area contributed by atoms with E-state index < -0.39 is 15.9 Å². The summed E-state index contributed by atoms with van der Waals surface area (Å²) in [7, 11) is -2.49. The van der Waals surface area contributed by atoms with Crippen LogP contribution in [0.4, 0.5) is 0 Å². The van der Waals surface area contributed by atoms with Gasteiger partial charge in [-0.2, -0.15) is 4.31 Å². The number of amides is 2. The number of aromatic nitrogens is 2. The molecular formula is C20H27N5O4S. The molecule has 30 heavy (non-hydrogen) atoms. The van der Waals surface area contributed by atoms with Crippen LogP contribution in [-0.4, -0.2) is 65.7 Å². The van der Waals surface area contributed by atoms with Gasteiger partial charge in [-0.15, -0.1) is 0 Å². The first-order chi connectivity index (χ1) is 14.3. The fourth-order valence-corrected chi connectivity index (χ4v) is 5.00. The second kappa shape index (κ2) is 8.97. The SMILES string of the molecule is CCCCN(CC)C(=O)c1ncn2c1CN(CC(=O)NC)S(=O)(=O)c1ccccc1-2. The molecule has 0 spiro atoms. The van der Waals surface area contributed by atoms with E-state index in [2.05, 4.69) is 17.2 Å². The van der Waals surface area contributed by atoms with Crippen molar-refractivity contribution < 1.29 is 18.0 Å². The number of imidazole rings is 1. The van der Waals surface area contributed by atoms with Gasteiger partial charge in [-0.05, 0) is 25.5 Å². The van der Waals surface area contributed by atoms with E-state index in [9.17, 15) is 18.0 Å². The summed E-state index contributed by atoms with van der Waals surface area (Å²) in [4.78, 5) is 31.3. The molecule has 0 bridgehead atoms. The predicted molar refractivity (Wildman–Crippen MR) is 112 cm³/mol. The van der Waals surface area contributed by atoms with Crippen LogP contribution >= 0.6 is 0 Å². The Balaban J connectivity index is 2.13. The molecule has 0 saturated carbocycles. The van der Waals surface area contributed by atoms with Crippen molar-refractivity contribution in [1.29, 1.82) is 0 Å². The molecule has 0 atom stereocenters. The minimum absolute atomic E-state index is 0.0717.